The van der Waals surface area contributed by atoms with Gasteiger partial charge in [0, 0.05) is 6.42 Å². The summed E-state index contributed by atoms with van der Waals surface area (Å²) in [6, 6.07) is 4.98. The van der Waals surface area contributed by atoms with Gasteiger partial charge >= 0.3 is 5.97 Å². The average Bonchev–Trinajstić information content (AvgIpc) is 3.08. The smallest absolute Gasteiger partial charge is 0.335 e. The number of ether oxygens (including phenoxy) is 3. The Bertz CT molecular complexity index is 932. The number of aliphatic hydroxyl groups excluding tert-OH is 2. The molecule has 31 heavy (non-hydrogen) atoms. The van der Waals surface area contributed by atoms with Crippen molar-refractivity contribution in [2.45, 2.75) is 49.9 Å². The van der Waals surface area contributed by atoms with Crippen molar-refractivity contribution in [3.05, 3.63) is 40.4 Å². The van der Waals surface area contributed by atoms with E-state index in [1.54, 1.807) is 32.0 Å². The first kappa shape index (κ1) is 24.0. The summed E-state index contributed by atoms with van der Waals surface area (Å²) in [4.78, 5) is 12.7. The van der Waals surface area contributed by atoms with E-state index in [2.05, 4.69) is 4.72 Å². The Morgan fingerprint density at radius 3 is 2.48 bits per heavy atom. The minimum atomic E-state index is -4.09. The summed E-state index contributed by atoms with van der Waals surface area (Å²) in [5, 5.41) is 18.0. The Hall–Kier alpha value is -1.69. The third kappa shape index (κ3) is 4.89. The minimum absolute atomic E-state index is 0.0141. The fraction of sp³-hybridized carbons (Fsp3) is 0.550. The number of carbonyl (C=O) groups excluding carboxylic acids is 1. The van der Waals surface area contributed by atoms with Crippen LogP contribution in [0.1, 0.15) is 25.3 Å². The molecular formula is C20H26ClNO8S. The first-order valence-corrected chi connectivity index (χ1v) is 11.8. The highest BCUT2D eigenvalue weighted by molar-refractivity contribution is 7.93. The predicted molar refractivity (Wildman–Crippen MR) is 113 cm³/mol. The van der Waals surface area contributed by atoms with Crippen molar-refractivity contribution in [3.63, 3.8) is 0 Å². The van der Waals surface area contributed by atoms with Gasteiger partial charge in [-0.05, 0) is 38.0 Å². The number of aryl methyl sites for hydroxylation is 1. The molecule has 3 unspecified atom stereocenters. The van der Waals surface area contributed by atoms with Gasteiger partial charge < -0.3 is 24.4 Å². The van der Waals surface area contributed by atoms with Gasteiger partial charge in [0.05, 0.1) is 36.1 Å². The number of benzene rings is 1. The second-order valence-electron chi connectivity index (χ2n) is 7.42. The van der Waals surface area contributed by atoms with Gasteiger partial charge in [-0.3, -0.25) is 4.72 Å². The van der Waals surface area contributed by atoms with Crippen LogP contribution in [0.3, 0.4) is 0 Å². The first-order chi connectivity index (χ1) is 14.7. The van der Waals surface area contributed by atoms with Crippen LogP contribution in [-0.4, -0.2) is 67.7 Å². The van der Waals surface area contributed by atoms with Gasteiger partial charge in [-0.2, -0.15) is 0 Å². The van der Waals surface area contributed by atoms with Crippen molar-refractivity contribution in [1.82, 2.24) is 0 Å². The molecule has 11 heteroatoms. The van der Waals surface area contributed by atoms with Crippen molar-refractivity contribution in [2.24, 2.45) is 0 Å². The molecule has 1 heterocycles. The van der Waals surface area contributed by atoms with E-state index >= 15 is 0 Å². The SMILES string of the molecule is CCOC(=O)C1=CC2(CCC1S(=O)(=O)Nc1c(C)cccc1Cl)OC(CO)C(CO)O2. The number of rotatable bonds is 7. The molecule has 0 bridgehead atoms. The van der Waals surface area contributed by atoms with Gasteiger partial charge in [0.15, 0.2) is 5.79 Å². The zero-order valence-corrected chi connectivity index (χ0v) is 18.8. The molecule has 1 aromatic carbocycles. The van der Waals surface area contributed by atoms with E-state index in [1.807, 2.05) is 0 Å². The van der Waals surface area contributed by atoms with Gasteiger partial charge in [-0.1, -0.05) is 23.7 Å². The van der Waals surface area contributed by atoms with Gasteiger partial charge in [-0.25, -0.2) is 13.2 Å². The topological polar surface area (TPSA) is 131 Å². The third-order valence-electron chi connectivity index (χ3n) is 5.31. The molecule has 3 atom stereocenters. The molecule has 0 radical (unpaired) electrons. The van der Waals surface area contributed by atoms with Gasteiger partial charge in [0.25, 0.3) is 0 Å². The molecule has 1 aromatic rings. The van der Waals surface area contributed by atoms with E-state index in [4.69, 9.17) is 25.8 Å². The molecule has 172 valence electrons. The van der Waals surface area contributed by atoms with Crippen LogP contribution in [0.5, 0.6) is 0 Å². The molecule has 1 saturated heterocycles. The number of sulfonamides is 1. The molecule has 1 fully saturated rings. The van der Waals surface area contributed by atoms with Crippen LogP contribution in [0.4, 0.5) is 5.69 Å². The predicted octanol–water partition coefficient (Wildman–Crippen LogP) is 1.51. The number of anilines is 1. The molecule has 0 aromatic heterocycles. The van der Waals surface area contributed by atoms with Gasteiger partial charge in [-0.15, -0.1) is 0 Å². The summed E-state index contributed by atoms with van der Waals surface area (Å²) in [5.74, 6) is -2.25. The largest absolute Gasteiger partial charge is 0.463 e. The summed E-state index contributed by atoms with van der Waals surface area (Å²) in [7, 11) is -4.09. The molecule has 1 aliphatic carbocycles. The molecule has 2 aliphatic rings. The number of esters is 1. The van der Waals surface area contributed by atoms with E-state index in [9.17, 15) is 23.4 Å². The summed E-state index contributed by atoms with van der Waals surface area (Å²) in [6.45, 7) is 2.58. The Morgan fingerprint density at radius 2 is 1.94 bits per heavy atom. The fourth-order valence-electron chi connectivity index (χ4n) is 3.78. The molecule has 1 aliphatic heterocycles. The third-order valence-corrected chi connectivity index (χ3v) is 7.35. The van der Waals surface area contributed by atoms with Crippen molar-refractivity contribution in [3.8, 4) is 0 Å². The molecule has 0 amide bonds. The van der Waals surface area contributed by atoms with E-state index < -0.39 is 52.5 Å². The maximum atomic E-state index is 13.2. The standard InChI is InChI=1S/C20H26ClNO8S/c1-3-28-19(25)13-9-20(29-15(10-23)16(11-24)30-20)8-7-17(13)31(26,27)22-18-12(2)5-4-6-14(18)21/h4-6,9,15-17,22-24H,3,7-8,10-11H2,1-2H3. The minimum Gasteiger partial charge on any atom is -0.463 e. The second-order valence-corrected chi connectivity index (χ2v) is 9.69. The van der Waals surface area contributed by atoms with E-state index in [1.165, 1.54) is 6.08 Å². The number of aliphatic hydroxyl groups is 2. The van der Waals surface area contributed by atoms with Crippen molar-refractivity contribution in [1.29, 1.82) is 0 Å². The summed E-state index contributed by atoms with van der Waals surface area (Å²) in [6.07, 6.45) is -0.241. The number of halogens is 1. The highest BCUT2D eigenvalue weighted by atomic mass is 35.5. The summed E-state index contributed by atoms with van der Waals surface area (Å²) in [5.41, 5.74) is 0.728. The molecule has 3 N–H and O–H groups in total. The van der Waals surface area contributed by atoms with Crippen LogP contribution in [0, 0.1) is 6.92 Å². The van der Waals surface area contributed by atoms with Crippen LogP contribution < -0.4 is 4.72 Å². The number of para-hydroxylation sites is 1. The molecule has 3 rings (SSSR count). The highest BCUT2D eigenvalue weighted by Crippen LogP contribution is 2.41. The lowest BCUT2D eigenvalue weighted by Gasteiger charge is -2.33. The summed E-state index contributed by atoms with van der Waals surface area (Å²) >= 11 is 6.17. The fourth-order valence-corrected chi connectivity index (χ4v) is 5.73. The van der Waals surface area contributed by atoms with Crippen LogP contribution >= 0.6 is 11.6 Å². The van der Waals surface area contributed by atoms with Crippen molar-refractivity contribution in [2.75, 3.05) is 24.5 Å². The van der Waals surface area contributed by atoms with Gasteiger partial charge in [0.1, 0.15) is 17.5 Å². The maximum Gasteiger partial charge on any atom is 0.335 e. The lowest BCUT2D eigenvalue weighted by Crippen LogP contribution is -2.43. The quantitative estimate of drug-likeness (QED) is 0.506. The van der Waals surface area contributed by atoms with Gasteiger partial charge in [0.2, 0.25) is 10.0 Å². The Balaban J connectivity index is 1.97. The molecule has 9 nitrogen and oxygen atoms in total. The number of carbonyl (C=O) groups is 1. The second kappa shape index (κ2) is 9.43. The van der Waals surface area contributed by atoms with Crippen LogP contribution in [0.15, 0.2) is 29.8 Å². The molecular weight excluding hydrogens is 450 g/mol. The zero-order valence-electron chi connectivity index (χ0n) is 17.2. The number of hydrogen-bond donors (Lipinski definition) is 3. The monoisotopic (exact) mass is 475 g/mol. The van der Waals surface area contributed by atoms with Crippen LogP contribution in [0.25, 0.3) is 0 Å². The Morgan fingerprint density at radius 1 is 1.29 bits per heavy atom. The Kier molecular flexibility index (Phi) is 7.29. The normalized spacial score (nSPS) is 28.4. The maximum absolute atomic E-state index is 13.2. The van der Waals surface area contributed by atoms with E-state index in [-0.39, 0.29) is 35.7 Å². The van der Waals surface area contributed by atoms with Crippen LogP contribution in [-0.2, 0) is 29.0 Å². The number of nitrogens with one attached hydrogen (secondary N) is 1. The Labute approximate surface area is 186 Å². The lowest BCUT2D eigenvalue weighted by molar-refractivity contribution is -0.154. The lowest BCUT2D eigenvalue weighted by atomic mass is 9.94. The number of hydrogen-bond acceptors (Lipinski definition) is 8. The molecule has 0 saturated carbocycles. The van der Waals surface area contributed by atoms with E-state index in [0.29, 0.717) is 5.56 Å². The van der Waals surface area contributed by atoms with Crippen LogP contribution in [0.2, 0.25) is 5.02 Å². The summed E-state index contributed by atoms with van der Waals surface area (Å²) < 4.78 is 45.6. The highest BCUT2D eigenvalue weighted by Gasteiger charge is 2.51. The first-order valence-electron chi connectivity index (χ1n) is 9.90. The van der Waals surface area contributed by atoms with E-state index in [0.717, 1.165) is 0 Å². The zero-order chi connectivity index (χ0) is 22.8. The molecule has 1 spiro atoms. The van der Waals surface area contributed by atoms with Crippen molar-refractivity contribution >= 4 is 33.3 Å². The average molecular weight is 476 g/mol. The van der Waals surface area contributed by atoms with Crippen molar-refractivity contribution < 1.29 is 37.6 Å².